The fourth-order valence-corrected chi connectivity index (χ4v) is 6.48. The van der Waals surface area contributed by atoms with Gasteiger partial charge in [0.1, 0.15) is 4.83 Å². The van der Waals surface area contributed by atoms with E-state index >= 15 is 0 Å². The number of aromatic nitrogens is 3. The molecule has 9 heteroatoms. The van der Waals surface area contributed by atoms with Crippen LogP contribution in [0.25, 0.3) is 26.8 Å². The molecule has 0 fully saturated rings. The van der Waals surface area contributed by atoms with Gasteiger partial charge < -0.3 is 4.57 Å². The van der Waals surface area contributed by atoms with Gasteiger partial charge in [-0.3, -0.25) is 9.78 Å². The first-order valence-corrected chi connectivity index (χ1v) is 12.2. The second-order valence-electron chi connectivity index (χ2n) is 7.64. The summed E-state index contributed by atoms with van der Waals surface area (Å²) in [4.78, 5) is 31.3. The molecule has 2 N–H and O–H groups in total. The van der Waals surface area contributed by atoms with Crippen LogP contribution in [0.1, 0.15) is 23.3 Å². The number of hydrogen-bond donors (Lipinski definition) is 2. The zero-order valence-electron chi connectivity index (χ0n) is 16.1. The first kappa shape index (κ1) is 18.4. The third kappa shape index (κ3) is 2.71. The average Bonchev–Trinajstić information content (AvgIpc) is 3.19. The van der Waals surface area contributed by atoms with E-state index < -0.39 is 15.4 Å². The molecule has 0 spiro atoms. The van der Waals surface area contributed by atoms with Crippen LogP contribution < -0.4 is 11.2 Å². The van der Waals surface area contributed by atoms with E-state index in [0.717, 1.165) is 41.3 Å². The molecule has 0 aliphatic heterocycles. The summed E-state index contributed by atoms with van der Waals surface area (Å²) in [6, 6.07) is 5.19. The van der Waals surface area contributed by atoms with E-state index in [9.17, 15) is 13.8 Å². The molecule has 150 valence electrons. The van der Waals surface area contributed by atoms with Gasteiger partial charge in [-0.2, -0.15) is 0 Å². The molecule has 3 aromatic heterocycles. The van der Waals surface area contributed by atoms with Crippen molar-refractivity contribution < 1.29 is 4.21 Å². The fraction of sp³-hybridized carbons (Fsp3) is 0.300. The Bertz CT molecular complexity index is 1530. The van der Waals surface area contributed by atoms with Crippen LogP contribution >= 0.6 is 11.3 Å². The Morgan fingerprint density at radius 1 is 1.21 bits per heavy atom. The van der Waals surface area contributed by atoms with Gasteiger partial charge in [0.25, 0.3) is 5.56 Å². The van der Waals surface area contributed by atoms with Crippen molar-refractivity contribution in [1.29, 1.82) is 4.78 Å². The number of aromatic amines is 1. The Hall–Kier alpha value is -2.65. The minimum Gasteiger partial charge on any atom is -0.349 e. The van der Waals surface area contributed by atoms with E-state index in [1.165, 1.54) is 22.5 Å². The highest BCUT2D eigenvalue weighted by Crippen LogP contribution is 2.33. The monoisotopic (exact) mass is 428 g/mol. The number of aryl methyl sites for hydroxylation is 3. The molecule has 4 aromatic rings. The van der Waals surface area contributed by atoms with Crippen molar-refractivity contribution in [2.45, 2.75) is 30.6 Å². The van der Waals surface area contributed by atoms with Gasteiger partial charge in [0, 0.05) is 35.3 Å². The van der Waals surface area contributed by atoms with Crippen molar-refractivity contribution in [2.24, 2.45) is 7.05 Å². The van der Waals surface area contributed by atoms with Crippen molar-refractivity contribution in [1.82, 2.24) is 14.1 Å². The summed E-state index contributed by atoms with van der Waals surface area (Å²) in [5.41, 5.74) is 1.47. The molecule has 0 amide bonds. The number of nitrogens with one attached hydrogen (secondary N) is 2. The van der Waals surface area contributed by atoms with Gasteiger partial charge in [0.15, 0.2) is 0 Å². The van der Waals surface area contributed by atoms with Crippen LogP contribution in [0.15, 0.2) is 38.9 Å². The molecule has 5 rings (SSSR count). The Labute approximate surface area is 170 Å². The molecule has 3 heterocycles. The summed E-state index contributed by atoms with van der Waals surface area (Å²) in [5.74, 6) is 0. The van der Waals surface area contributed by atoms with Gasteiger partial charge in [0.2, 0.25) is 0 Å². The molecular weight excluding hydrogens is 408 g/mol. The van der Waals surface area contributed by atoms with E-state index in [1.54, 1.807) is 29.0 Å². The number of nitrogens with zero attached hydrogens (tertiary/aromatic N) is 2. The molecule has 0 saturated heterocycles. The highest BCUT2D eigenvalue weighted by molar-refractivity contribution is 7.92. The first-order valence-electron chi connectivity index (χ1n) is 9.38. The zero-order valence-corrected chi connectivity index (χ0v) is 17.7. The van der Waals surface area contributed by atoms with Crippen LogP contribution in [0.3, 0.4) is 0 Å². The van der Waals surface area contributed by atoms with E-state index in [0.29, 0.717) is 26.2 Å². The summed E-state index contributed by atoms with van der Waals surface area (Å²) < 4.78 is 23.4. The topological polar surface area (TPSA) is 101 Å². The Kier molecular flexibility index (Phi) is 3.91. The summed E-state index contributed by atoms with van der Waals surface area (Å²) in [6.45, 7) is 0. The van der Waals surface area contributed by atoms with E-state index in [4.69, 9.17) is 4.78 Å². The molecule has 1 atom stereocenters. The summed E-state index contributed by atoms with van der Waals surface area (Å²) >= 11 is 1.51. The maximum atomic E-state index is 13.4. The number of thiophene rings is 1. The van der Waals surface area contributed by atoms with Crippen LogP contribution in [-0.2, 0) is 29.6 Å². The molecule has 1 aliphatic carbocycles. The van der Waals surface area contributed by atoms with Crippen LogP contribution in [0.5, 0.6) is 0 Å². The van der Waals surface area contributed by atoms with Gasteiger partial charge in [-0.15, -0.1) is 11.3 Å². The molecule has 0 saturated carbocycles. The van der Waals surface area contributed by atoms with Gasteiger partial charge >= 0.3 is 5.69 Å². The zero-order chi connectivity index (χ0) is 20.5. The Morgan fingerprint density at radius 2 is 1.97 bits per heavy atom. The lowest BCUT2D eigenvalue weighted by Crippen LogP contribution is -2.33. The van der Waals surface area contributed by atoms with Crippen LogP contribution in [0.2, 0.25) is 0 Å². The molecule has 7 nitrogen and oxygen atoms in total. The average molecular weight is 429 g/mol. The smallest absolute Gasteiger partial charge is 0.334 e. The van der Waals surface area contributed by atoms with Crippen molar-refractivity contribution in [3.05, 3.63) is 55.7 Å². The van der Waals surface area contributed by atoms with Crippen molar-refractivity contribution in [3.8, 4) is 5.69 Å². The van der Waals surface area contributed by atoms with Gasteiger partial charge in [0.05, 0.1) is 25.7 Å². The van der Waals surface area contributed by atoms with Crippen LogP contribution in [0, 0.1) is 4.78 Å². The number of H-pyrrole nitrogens is 1. The summed E-state index contributed by atoms with van der Waals surface area (Å²) in [6.07, 6.45) is 7.01. The quantitative estimate of drug-likeness (QED) is 0.513. The number of benzene rings is 1. The number of fused-ring (bicyclic) bond motifs is 4. The van der Waals surface area contributed by atoms with Crippen molar-refractivity contribution >= 4 is 42.2 Å². The van der Waals surface area contributed by atoms with Gasteiger partial charge in [-0.05, 0) is 49.4 Å². The Morgan fingerprint density at radius 3 is 2.72 bits per heavy atom. The molecule has 1 aliphatic rings. The molecule has 1 aromatic carbocycles. The Balaban J connectivity index is 1.83. The van der Waals surface area contributed by atoms with Gasteiger partial charge in [-0.1, -0.05) is 0 Å². The lowest BCUT2D eigenvalue weighted by atomic mass is 9.97. The normalized spacial score (nSPS) is 16.2. The molecule has 0 radical (unpaired) electrons. The molecule has 0 bridgehead atoms. The van der Waals surface area contributed by atoms with E-state index in [1.807, 2.05) is 7.05 Å². The van der Waals surface area contributed by atoms with Crippen molar-refractivity contribution in [3.63, 3.8) is 0 Å². The van der Waals surface area contributed by atoms with E-state index in [2.05, 4.69) is 4.98 Å². The minimum atomic E-state index is -2.96. The SMILES string of the molecule is Cn1cc(S(C)(=N)=O)c2cc(-n3c(=O)[nH]c4sc5c(c4c3=O)CCCC5)ccc21. The van der Waals surface area contributed by atoms with Crippen LogP contribution in [0.4, 0.5) is 0 Å². The number of hydrogen-bond acceptors (Lipinski definition) is 5. The summed E-state index contributed by atoms with van der Waals surface area (Å²) in [5, 5.41) is 1.23. The molecule has 1 unspecified atom stereocenters. The highest BCUT2D eigenvalue weighted by Gasteiger charge is 2.22. The molecule has 29 heavy (non-hydrogen) atoms. The number of rotatable bonds is 2. The predicted octanol–water partition coefficient (Wildman–Crippen LogP) is 3.15. The lowest BCUT2D eigenvalue weighted by Gasteiger charge is -2.10. The van der Waals surface area contributed by atoms with E-state index in [-0.39, 0.29) is 5.56 Å². The maximum Gasteiger partial charge on any atom is 0.334 e. The van der Waals surface area contributed by atoms with Crippen molar-refractivity contribution in [2.75, 3.05) is 6.26 Å². The maximum absolute atomic E-state index is 13.4. The largest absolute Gasteiger partial charge is 0.349 e. The third-order valence-corrected chi connectivity index (χ3v) is 8.00. The fourth-order valence-electron chi connectivity index (χ4n) is 4.27. The second-order valence-corrected chi connectivity index (χ2v) is 10.9. The predicted molar refractivity (Wildman–Crippen MR) is 116 cm³/mol. The second kappa shape index (κ2) is 6.17. The third-order valence-electron chi connectivity index (χ3n) is 5.63. The van der Waals surface area contributed by atoms with Crippen LogP contribution in [-0.4, -0.2) is 24.6 Å². The molecular formula is C20H20N4O3S2. The summed E-state index contributed by atoms with van der Waals surface area (Å²) in [7, 11) is -1.14. The lowest BCUT2D eigenvalue weighted by molar-refractivity contribution is 0.679. The van der Waals surface area contributed by atoms with Gasteiger partial charge in [-0.25, -0.2) is 18.4 Å². The highest BCUT2D eigenvalue weighted by atomic mass is 32.2. The standard InChI is InChI=1S/C20H20N4O3S2/c1-23-10-16(29(2,21)27)13-9-11(7-8-14(13)23)24-19(25)17-12-5-3-4-6-15(12)28-18(17)22-20(24)26/h7-10,21H,3-6H2,1-2H3,(H,22,26). The minimum absolute atomic E-state index is 0.317. The first-order chi connectivity index (χ1) is 13.8.